The molecule has 0 aliphatic carbocycles. The Kier molecular flexibility index (Phi) is 8.90. The maximum atomic E-state index is 13.6. The molecule has 0 unspecified atom stereocenters. The third kappa shape index (κ3) is 6.74. The summed E-state index contributed by atoms with van der Waals surface area (Å²) in [6.07, 6.45) is 0.333. The Morgan fingerprint density at radius 1 is 0.919 bits per heavy atom. The minimum absolute atomic E-state index is 0.135. The fourth-order valence-corrected chi connectivity index (χ4v) is 4.79. The van der Waals surface area contributed by atoms with E-state index in [0.29, 0.717) is 24.3 Å². The molecule has 5 nitrogen and oxygen atoms in total. The van der Waals surface area contributed by atoms with Crippen LogP contribution in [0.5, 0.6) is 5.75 Å². The molecule has 4 aromatic carbocycles. The summed E-state index contributed by atoms with van der Waals surface area (Å²) in [5.74, 6) is -0.438. The van der Waals surface area contributed by atoms with Gasteiger partial charge in [0, 0.05) is 19.5 Å². The van der Waals surface area contributed by atoms with Crippen molar-refractivity contribution in [3.05, 3.63) is 112 Å². The largest absolute Gasteiger partial charge is 0.483 e. The average molecular weight is 563 g/mol. The first-order chi connectivity index (χ1) is 18.0. The van der Waals surface area contributed by atoms with Gasteiger partial charge in [0.1, 0.15) is 17.6 Å². The zero-order valence-corrected chi connectivity index (χ0v) is 22.1. The van der Waals surface area contributed by atoms with Crippen molar-refractivity contribution in [2.24, 2.45) is 0 Å². The molecule has 0 saturated heterocycles. The molecular weight excluding hydrogens is 535 g/mol. The molecule has 0 fully saturated rings. The van der Waals surface area contributed by atoms with Gasteiger partial charge >= 0.3 is 0 Å². The van der Waals surface area contributed by atoms with E-state index < -0.39 is 6.04 Å². The molecule has 4 aromatic rings. The van der Waals surface area contributed by atoms with E-state index >= 15 is 0 Å². The van der Waals surface area contributed by atoms with Crippen LogP contribution in [0.1, 0.15) is 18.1 Å². The number of rotatable bonds is 10. The lowest BCUT2D eigenvalue weighted by Gasteiger charge is -2.31. The number of amides is 2. The Morgan fingerprint density at radius 2 is 1.62 bits per heavy atom. The molecule has 190 valence electrons. The van der Waals surface area contributed by atoms with Crippen LogP contribution in [0.25, 0.3) is 10.8 Å². The van der Waals surface area contributed by atoms with Crippen molar-refractivity contribution in [2.45, 2.75) is 25.9 Å². The number of hydrogen-bond acceptors (Lipinski definition) is 3. The topological polar surface area (TPSA) is 58.6 Å². The van der Waals surface area contributed by atoms with E-state index in [1.165, 1.54) is 17.0 Å². The van der Waals surface area contributed by atoms with Crippen LogP contribution in [0.3, 0.4) is 0 Å². The highest BCUT2D eigenvalue weighted by molar-refractivity contribution is 9.10. The van der Waals surface area contributed by atoms with Crippen LogP contribution in [0.2, 0.25) is 0 Å². The number of nitrogens with one attached hydrogen (secondary N) is 1. The van der Waals surface area contributed by atoms with E-state index in [0.717, 1.165) is 20.8 Å². The summed E-state index contributed by atoms with van der Waals surface area (Å²) in [4.78, 5) is 28.3. The standard InChI is InChI=1S/C30H28BrFN2O3/c1-2-33-30(36)26(18-21-8-4-3-5-9-21)34(19-22-12-15-24(32)16-13-22)28(35)20-37-27-17-14-23-10-6-7-11-25(23)29(27)31/h3-17,26H,2,18-20H2,1H3,(H,33,36)/t26-/m0/s1. The van der Waals surface area contributed by atoms with Crippen LogP contribution in [-0.4, -0.2) is 35.9 Å². The fraction of sp³-hybridized carbons (Fsp3) is 0.200. The van der Waals surface area contributed by atoms with Gasteiger partial charge in [-0.25, -0.2) is 4.39 Å². The maximum absolute atomic E-state index is 13.6. The predicted molar refractivity (Wildman–Crippen MR) is 147 cm³/mol. The van der Waals surface area contributed by atoms with E-state index in [2.05, 4.69) is 21.2 Å². The number of fused-ring (bicyclic) bond motifs is 1. The number of likely N-dealkylation sites (N-methyl/N-ethyl adjacent to an activating group) is 1. The Balaban J connectivity index is 1.62. The Bertz CT molecular complexity index is 1360. The lowest BCUT2D eigenvalue weighted by atomic mass is 10.0. The molecule has 0 aliphatic heterocycles. The molecule has 0 bridgehead atoms. The van der Waals surface area contributed by atoms with E-state index in [4.69, 9.17) is 4.74 Å². The zero-order valence-electron chi connectivity index (χ0n) is 20.5. The quantitative estimate of drug-likeness (QED) is 0.262. The van der Waals surface area contributed by atoms with E-state index in [9.17, 15) is 14.0 Å². The molecule has 0 aromatic heterocycles. The Morgan fingerprint density at radius 3 is 2.35 bits per heavy atom. The van der Waals surface area contributed by atoms with Crippen molar-refractivity contribution in [3.63, 3.8) is 0 Å². The van der Waals surface area contributed by atoms with Gasteiger partial charge in [-0.1, -0.05) is 72.8 Å². The number of carbonyl (C=O) groups excluding carboxylic acids is 2. The number of carbonyl (C=O) groups is 2. The van der Waals surface area contributed by atoms with E-state index in [1.54, 1.807) is 12.1 Å². The molecule has 0 saturated carbocycles. The van der Waals surface area contributed by atoms with Gasteiger partial charge in [-0.05, 0) is 63.0 Å². The lowest BCUT2D eigenvalue weighted by molar-refractivity contribution is -0.142. The molecule has 7 heteroatoms. The molecule has 0 heterocycles. The van der Waals surface area contributed by atoms with Gasteiger partial charge in [-0.3, -0.25) is 9.59 Å². The highest BCUT2D eigenvalue weighted by Gasteiger charge is 2.30. The van der Waals surface area contributed by atoms with Crippen molar-refractivity contribution < 1.29 is 18.7 Å². The first kappa shape index (κ1) is 26.4. The molecule has 37 heavy (non-hydrogen) atoms. The molecule has 0 aliphatic rings. The van der Waals surface area contributed by atoms with Gasteiger partial charge in [0.15, 0.2) is 6.61 Å². The van der Waals surface area contributed by atoms with Crippen LogP contribution in [0.15, 0.2) is 95.5 Å². The molecule has 4 rings (SSSR count). The van der Waals surface area contributed by atoms with E-state index in [-0.39, 0.29) is 30.8 Å². The highest BCUT2D eigenvalue weighted by atomic mass is 79.9. The molecule has 1 N–H and O–H groups in total. The molecule has 0 spiro atoms. The van der Waals surface area contributed by atoms with Crippen molar-refractivity contribution in [2.75, 3.05) is 13.2 Å². The third-order valence-electron chi connectivity index (χ3n) is 6.07. The number of hydrogen-bond donors (Lipinski definition) is 1. The minimum atomic E-state index is -0.774. The summed E-state index contributed by atoms with van der Waals surface area (Å²) in [5, 5.41) is 4.88. The average Bonchev–Trinajstić information content (AvgIpc) is 2.92. The lowest BCUT2D eigenvalue weighted by Crippen LogP contribution is -2.51. The third-order valence-corrected chi connectivity index (χ3v) is 6.89. The first-order valence-electron chi connectivity index (χ1n) is 12.1. The second-order valence-corrected chi connectivity index (χ2v) is 9.43. The minimum Gasteiger partial charge on any atom is -0.483 e. The number of ether oxygens (including phenoxy) is 1. The predicted octanol–water partition coefficient (Wildman–Crippen LogP) is 5.90. The van der Waals surface area contributed by atoms with Crippen molar-refractivity contribution >= 4 is 38.5 Å². The van der Waals surface area contributed by atoms with Gasteiger partial charge in [-0.2, -0.15) is 0 Å². The van der Waals surface area contributed by atoms with Gasteiger partial charge < -0.3 is 15.0 Å². The number of benzene rings is 4. The van der Waals surface area contributed by atoms with Gasteiger partial charge in [0.05, 0.1) is 4.47 Å². The second-order valence-electron chi connectivity index (χ2n) is 8.64. The zero-order chi connectivity index (χ0) is 26.2. The summed E-state index contributed by atoms with van der Waals surface area (Å²) in [7, 11) is 0. The van der Waals surface area contributed by atoms with Crippen LogP contribution in [0, 0.1) is 5.82 Å². The van der Waals surface area contributed by atoms with Crippen molar-refractivity contribution in [1.29, 1.82) is 0 Å². The Labute approximate surface area is 224 Å². The Hall–Kier alpha value is -3.71. The SMILES string of the molecule is CCNC(=O)[C@H](Cc1ccccc1)N(Cc1ccc(F)cc1)C(=O)COc1ccc2ccccc2c1Br. The summed E-state index contributed by atoms with van der Waals surface area (Å²) < 4.78 is 20.3. The molecule has 1 atom stereocenters. The monoisotopic (exact) mass is 562 g/mol. The fourth-order valence-electron chi connectivity index (χ4n) is 4.18. The van der Waals surface area contributed by atoms with Gasteiger partial charge in [0.25, 0.3) is 5.91 Å². The smallest absolute Gasteiger partial charge is 0.261 e. The summed E-state index contributed by atoms with van der Waals surface area (Å²) in [6.45, 7) is 2.14. The van der Waals surface area contributed by atoms with Crippen molar-refractivity contribution in [3.8, 4) is 5.75 Å². The van der Waals surface area contributed by atoms with Crippen LogP contribution in [-0.2, 0) is 22.6 Å². The number of halogens is 2. The highest BCUT2D eigenvalue weighted by Crippen LogP contribution is 2.33. The maximum Gasteiger partial charge on any atom is 0.261 e. The first-order valence-corrected chi connectivity index (χ1v) is 12.9. The normalized spacial score (nSPS) is 11.6. The van der Waals surface area contributed by atoms with Crippen LogP contribution >= 0.6 is 15.9 Å². The summed E-state index contributed by atoms with van der Waals surface area (Å²) in [5.41, 5.74) is 1.64. The molecule has 2 amide bonds. The van der Waals surface area contributed by atoms with Gasteiger partial charge in [-0.15, -0.1) is 0 Å². The summed E-state index contributed by atoms with van der Waals surface area (Å²) >= 11 is 3.60. The van der Waals surface area contributed by atoms with Gasteiger partial charge in [0.2, 0.25) is 5.91 Å². The summed E-state index contributed by atoms with van der Waals surface area (Å²) in [6, 6.07) is 26.3. The van der Waals surface area contributed by atoms with E-state index in [1.807, 2.05) is 73.7 Å². The van der Waals surface area contributed by atoms with Crippen LogP contribution in [0.4, 0.5) is 4.39 Å². The molecular formula is C30H28BrFN2O3. The molecule has 0 radical (unpaired) electrons. The second kappa shape index (κ2) is 12.5. The number of nitrogens with zero attached hydrogens (tertiary/aromatic N) is 1. The van der Waals surface area contributed by atoms with Crippen molar-refractivity contribution in [1.82, 2.24) is 10.2 Å². The van der Waals surface area contributed by atoms with Crippen LogP contribution < -0.4 is 10.1 Å².